The summed E-state index contributed by atoms with van der Waals surface area (Å²) in [5, 5.41) is 15.5. The van der Waals surface area contributed by atoms with E-state index in [2.05, 4.69) is 44.9 Å². The highest BCUT2D eigenvalue weighted by Gasteiger charge is 2.06. The topological polar surface area (TPSA) is 70.1 Å². The maximum Gasteiger partial charge on any atom is 0.225 e. The molecule has 0 aliphatic rings. The maximum absolute atomic E-state index is 8.96. The minimum Gasteiger partial charge on any atom is -0.396 e. The fraction of sp³-hybridized carbons (Fsp3) is 0.238. The minimum atomic E-state index is 0.146. The smallest absolute Gasteiger partial charge is 0.225 e. The van der Waals surface area contributed by atoms with Crippen molar-refractivity contribution in [3.63, 3.8) is 0 Å². The molecule has 3 aromatic rings. The van der Waals surface area contributed by atoms with Gasteiger partial charge in [0.15, 0.2) is 0 Å². The molecule has 0 saturated heterocycles. The van der Waals surface area contributed by atoms with Crippen LogP contribution in [0.4, 0.5) is 11.8 Å². The van der Waals surface area contributed by atoms with Crippen molar-refractivity contribution in [2.24, 2.45) is 0 Å². The molecule has 0 aliphatic heterocycles. The lowest BCUT2D eigenvalue weighted by molar-refractivity contribution is 0.292. The van der Waals surface area contributed by atoms with Crippen molar-refractivity contribution >= 4 is 11.8 Å². The molecular formula is C21H24N4O. The Morgan fingerprint density at radius 2 is 1.54 bits per heavy atom. The highest BCUT2D eigenvalue weighted by molar-refractivity contribution is 5.64. The van der Waals surface area contributed by atoms with Crippen LogP contribution in [0.1, 0.15) is 12.0 Å². The average Bonchev–Trinajstić information content (AvgIpc) is 2.70. The summed E-state index contributed by atoms with van der Waals surface area (Å²) >= 11 is 0. The zero-order valence-corrected chi connectivity index (χ0v) is 14.7. The number of rotatable bonds is 9. The normalized spacial score (nSPS) is 10.5. The van der Waals surface area contributed by atoms with E-state index >= 15 is 0 Å². The van der Waals surface area contributed by atoms with Gasteiger partial charge in [0.1, 0.15) is 5.82 Å². The number of nitrogens with one attached hydrogen (secondary N) is 2. The average molecular weight is 348 g/mol. The standard InChI is InChI=1S/C21H24N4O/c26-15-7-13-23-21-24-19(18-10-5-2-6-11-18)16-20(25-21)22-14-12-17-8-3-1-4-9-17/h1-6,8-11,16,26H,7,12-15H2,(H2,22,23,24,25). The summed E-state index contributed by atoms with van der Waals surface area (Å²) in [6.45, 7) is 1.58. The lowest BCUT2D eigenvalue weighted by atomic mass is 10.1. The van der Waals surface area contributed by atoms with Gasteiger partial charge in [-0.3, -0.25) is 0 Å². The molecule has 0 amide bonds. The second-order valence-electron chi connectivity index (χ2n) is 5.99. The van der Waals surface area contributed by atoms with E-state index in [4.69, 9.17) is 5.11 Å². The first-order valence-corrected chi connectivity index (χ1v) is 8.92. The number of aliphatic hydroxyl groups is 1. The first-order valence-electron chi connectivity index (χ1n) is 8.92. The Balaban J connectivity index is 1.73. The van der Waals surface area contributed by atoms with Crippen LogP contribution in [-0.4, -0.2) is 34.8 Å². The Morgan fingerprint density at radius 1 is 0.808 bits per heavy atom. The summed E-state index contributed by atoms with van der Waals surface area (Å²) in [5.74, 6) is 1.36. The van der Waals surface area contributed by atoms with E-state index in [0.717, 1.165) is 30.0 Å². The first kappa shape index (κ1) is 17.9. The number of anilines is 2. The molecule has 134 valence electrons. The summed E-state index contributed by atoms with van der Waals surface area (Å²) in [6, 6.07) is 22.4. The number of aromatic nitrogens is 2. The molecule has 1 aromatic heterocycles. The van der Waals surface area contributed by atoms with Crippen LogP contribution in [0.2, 0.25) is 0 Å². The Morgan fingerprint density at radius 3 is 2.27 bits per heavy atom. The van der Waals surface area contributed by atoms with Crippen molar-refractivity contribution in [3.8, 4) is 11.3 Å². The molecular weight excluding hydrogens is 324 g/mol. The molecule has 5 nitrogen and oxygen atoms in total. The van der Waals surface area contributed by atoms with Crippen LogP contribution in [0.5, 0.6) is 0 Å². The highest BCUT2D eigenvalue weighted by atomic mass is 16.3. The third-order valence-corrected chi connectivity index (χ3v) is 3.98. The summed E-state index contributed by atoms with van der Waals surface area (Å²) in [4.78, 5) is 9.14. The van der Waals surface area contributed by atoms with Crippen LogP contribution >= 0.6 is 0 Å². The third kappa shape index (κ3) is 5.29. The second-order valence-corrected chi connectivity index (χ2v) is 5.99. The van der Waals surface area contributed by atoms with Crippen molar-refractivity contribution in [3.05, 3.63) is 72.3 Å². The van der Waals surface area contributed by atoms with E-state index in [1.54, 1.807) is 0 Å². The molecule has 1 heterocycles. The molecule has 3 rings (SSSR count). The van der Waals surface area contributed by atoms with Gasteiger partial charge >= 0.3 is 0 Å². The van der Waals surface area contributed by atoms with Crippen LogP contribution < -0.4 is 10.6 Å². The Kier molecular flexibility index (Phi) is 6.56. The summed E-state index contributed by atoms with van der Waals surface area (Å²) in [7, 11) is 0. The summed E-state index contributed by atoms with van der Waals surface area (Å²) < 4.78 is 0. The van der Waals surface area contributed by atoms with Crippen molar-refractivity contribution in [2.75, 3.05) is 30.3 Å². The first-order chi connectivity index (χ1) is 12.8. The molecule has 0 saturated carbocycles. The van der Waals surface area contributed by atoms with Gasteiger partial charge in [-0.15, -0.1) is 0 Å². The van der Waals surface area contributed by atoms with E-state index in [0.29, 0.717) is 18.9 Å². The fourth-order valence-electron chi connectivity index (χ4n) is 2.63. The number of hydrogen-bond acceptors (Lipinski definition) is 5. The van der Waals surface area contributed by atoms with Gasteiger partial charge in [-0.2, -0.15) is 4.98 Å². The molecule has 26 heavy (non-hydrogen) atoms. The van der Waals surface area contributed by atoms with Crippen LogP contribution in [-0.2, 0) is 6.42 Å². The monoisotopic (exact) mass is 348 g/mol. The number of hydrogen-bond donors (Lipinski definition) is 3. The highest BCUT2D eigenvalue weighted by Crippen LogP contribution is 2.21. The third-order valence-electron chi connectivity index (χ3n) is 3.98. The van der Waals surface area contributed by atoms with Crippen molar-refractivity contribution in [1.29, 1.82) is 0 Å². The fourth-order valence-corrected chi connectivity index (χ4v) is 2.63. The van der Waals surface area contributed by atoms with Gasteiger partial charge in [0.05, 0.1) is 5.69 Å². The second kappa shape index (κ2) is 9.53. The minimum absolute atomic E-state index is 0.146. The molecule has 3 N–H and O–H groups in total. The number of benzene rings is 2. The molecule has 0 atom stereocenters. The van der Waals surface area contributed by atoms with Gasteiger partial charge in [0.2, 0.25) is 5.95 Å². The zero-order valence-electron chi connectivity index (χ0n) is 14.7. The Bertz CT molecular complexity index is 794. The van der Waals surface area contributed by atoms with Crippen molar-refractivity contribution in [1.82, 2.24) is 9.97 Å². The molecule has 0 fully saturated rings. The van der Waals surface area contributed by atoms with Gasteiger partial charge in [-0.25, -0.2) is 4.98 Å². The van der Waals surface area contributed by atoms with Gasteiger partial charge in [0.25, 0.3) is 0 Å². The number of aliphatic hydroxyl groups excluding tert-OH is 1. The molecule has 0 radical (unpaired) electrons. The van der Waals surface area contributed by atoms with Crippen LogP contribution in [0.25, 0.3) is 11.3 Å². The maximum atomic E-state index is 8.96. The lowest BCUT2D eigenvalue weighted by Gasteiger charge is -2.11. The van der Waals surface area contributed by atoms with Crippen LogP contribution in [0, 0.1) is 0 Å². The van der Waals surface area contributed by atoms with E-state index in [1.807, 2.05) is 42.5 Å². The van der Waals surface area contributed by atoms with Gasteiger partial charge in [-0.05, 0) is 18.4 Å². The predicted octanol–water partition coefficient (Wildman–Crippen LogP) is 3.59. The van der Waals surface area contributed by atoms with E-state index in [1.165, 1.54) is 5.56 Å². The van der Waals surface area contributed by atoms with Crippen molar-refractivity contribution in [2.45, 2.75) is 12.8 Å². The van der Waals surface area contributed by atoms with Gasteiger partial charge in [0, 0.05) is 31.3 Å². The Hall–Kier alpha value is -2.92. The molecule has 5 heteroatoms. The molecule has 0 bridgehead atoms. The van der Waals surface area contributed by atoms with E-state index in [-0.39, 0.29) is 6.61 Å². The summed E-state index contributed by atoms with van der Waals surface area (Å²) in [5.41, 5.74) is 3.21. The van der Waals surface area contributed by atoms with Gasteiger partial charge in [-0.1, -0.05) is 60.7 Å². The largest absolute Gasteiger partial charge is 0.396 e. The van der Waals surface area contributed by atoms with Gasteiger partial charge < -0.3 is 15.7 Å². The molecule has 0 spiro atoms. The quantitative estimate of drug-likeness (QED) is 0.516. The molecule has 0 aliphatic carbocycles. The van der Waals surface area contributed by atoms with Crippen molar-refractivity contribution < 1.29 is 5.11 Å². The zero-order chi connectivity index (χ0) is 18.0. The number of nitrogens with zero attached hydrogens (tertiary/aromatic N) is 2. The molecule has 0 unspecified atom stereocenters. The Labute approximate surface area is 154 Å². The van der Waals surface area contributed by atoms with Crippen LogP contribution in [0.3, 0.4) is 0 Å². The summed E-state index contributed by atoms with van der Waals surface area (Å²) in [6.07, 6.45) is 1.59. The lowest BCUT2D eigenvalue weighted by Crippen LogP contribution is -2.11. The predicted molar refractivity (Wildman–Crippen MR) is 106 cm³/mol. The van der Waals surface area contributed by atoms with E-state index < -0.39 is 0 Å². The van der Waals surface area contributed by atoms with Crippen LogP contribution in [0.15, 0.2) is 66.7 Å². The van der Waals surface area contributed by atoms with E-state index in [9.17, 15) is 0 Å². The SMILES string of the molecule is OCCCNc1nc(NCCc2ccccc2)cc(-c2ccccc2)n1. The molecule has 2 aromatic carbocycles.